The third-order valence-corrected chi connectivity index (χ3v) is 5.08. The van der Waals surface area contributed by atoms with Crippen molar-refractivity contribution in [2.24, 2.45) is 0 Å². The van der Waals surface area contributed by atoms with Crippen molar-refractivity contribution in [3.05, 3.63) is 35.1 Å². The first-order valence-corrected chi connectivity index (χ1v) is 8.23. The Morgan fingerprint density at radius 1 is 1.37 bits per heavy atom. The van der Waals surface area contributed by atoms with Crippen LogP contribution < -0.4 is 4.72 Å². The first kappa shape index (κ1) is 14.5. The molecule has 0 unspecified atom stereocenters. The van der Waals surface area contributed by atoms with Crippen LogP contribution in [0.25, 0.3) is 0 Å². The van der Waals surface area contributed by atoms with Gasteiger partial charge >= 0.3 is 0 Å². The molecule has 1 aliphatic carbocycles. The fraction of sp³-hybridized carbons (Fsp3) is 0.462. The van der Waals surface area contributed by atoms with Crippen molar-refractivity contribution in [3.8, 4) is 0 Å². The van der Waals surface area contributed by atoms with Crippen LogP contribution in [0.5, 0.6) is 0 Å². The van der Waals surface area contributed by atoms with Gasteiger partial charge in [-0.15, -0.1) is 0 Å². The van der Waals surface area contributed by atoms with Gasteiger partial charge in [-0.25, -0.2) is 13.1 Å². The van der Waals surface area contributed by atoms with Crippen molar-refractivity contribution in [2.75, 3.05) is 6.54 Å². The van der Waals surface area contributed by atoms with Crippen molar-refractivity contribution < 1.29 is 8.42 Å². The number of allylic oxidation sites excluding steroid dienone is 1. The Kier molecular flexibility index (Phi) is 4.96. The minimum absolute atomic E-state index is 0.0364. The maximum Gasteiger partial charge on any atom is 0.243 e. The first-order valence-electron chi connectivity index (χ1n) is 6.37. The SMILES string of the molecule is O=S(=O)(NCCC1=CCCCC1)c1cnccc1Cl. The summed E-state index contributed by atoms with van der Waals surface area (Å²) in [4.78, 5) is 3.83. The maximum atomic E-state index is 12.0. The van der Waals surface area contributed by atoms with Gasteiger partial charge in [0.2, 0.25) is 10.0 Å². The molecule has 0 fully saturated rings. The Hall–Kier alpha value is -0.910. The number of rotatable bonds is 5. The molecule has 1 N–H and O–H groups in total. The molecule has 0 radical (unpaired) electrons. The topological polar surface area (TPSA) is 59.1 Å². The highest BCUT2D eigenvalue weighted by Gasteiger charge is 2.17. The van der Waals surface area contributed by atoms with Gasteiger partial charge in [0.05, 0.1) is 5.02 Å². The molecule has 0 bridgehead atoms. The third-order valence-electron chi connectivity index (χ3n) is 3.15. The quantitative estimate of drug-likeness (QED) is 0.851. The molecule has 0 aliphatic heterocycles. The molecular weight excluding hydrogens is 284 g/mol. The predicted octanol–water partition coefficient (Wildman–Crippen LogP) is 2.90. The zero-order valence-corrected chi connectivity index (χ0v) is 12.2. The summed E-state index contributed by atoms with van der Waals surface area (Å²) in [5.41, 5.74) is 1.34. The van der Waals surface area contributed by atoms with Crippen molar-refractivity contribution >= 4 is 21.6 Å². The van der Waals surface area contributed by atoms with Crippen LogP contribution in [0.1, 0.15) is 32.1 Å². The molecular formula is C13H17ClN2O2S. The molecule has 6 heteroatoms. The fourth-order valence-electron chi connectivity index (χ4n) is 2.12. The molecule has 0 aromatic carbocycles. The Labute approximate surface area is 118 Å². The van der Waals surface area contributed by atoms with E-state index < -0.39 is 10.0 Å². The normalized spacial score (nSPS) is 16.2. The molecule has 19 heavy (non-hydrogen) atoms. The summed E-state index contributed by atoms with van der Waals surface area (Å²) in [6, 6.07) is 1.47. The minimum Gasteiger partial charge on any atom is -0.263 e. The second kappa shape index (κ2) is 6.50. The van der Waals surface area contributed by atoms with E-state index in [0.29, 0.717) is 6.54 Å². The van der Waals surface area contributed by atoms with Crippen molar-refractivity contribution in [3.63, 3.8) is 0 Å². The van der Waals surface area contributed by atoms with Crippen LogP contribution in [-0.4, -0.2) is 19.9 Å². The highest BCUT2D eigenvalue weighted by Crippen LogP contribution is 2.21. The predicted molar refractivity (Wildman–Crippen MR) is 75.6 cm³/mol. The largest absolute Gasteiger partial charge is 0.263 e. The van der Waals surface area contributed by atoms with Crippen LogP contribution in [0.3, 0.4) is 0 Å². The molecule has 0 saturated carbocycles. The molecule has 1 aromatic rings. The smallest absolute Gasteiger partial charge is 0.243 e. The van der Waals surface area contributed by atoms with E-state index in [9.17, 15) is 8.42 Å². The summed E-state index contributed by atoms with van der Waals surface area (Å²) in [6.07, 6.45) is 10.3. The molecule has 2 rings (SSSR count). The molecule has 0 saturated heterocycles. The van der Waals surface area contributed by atoms with Crippen LogP contribution >= 0.6 is 11.6 Å². The number of pyridine rings is 1. The molecule has 0 amide bonds. The van der Waals surface area contributed by atoms with Gasteiger partial charge in [0.15, 0.2) is 0 Å². The maximum absolute atomic E-state index is 12.0. The number of nitrogens with zero attached hydrogens (tertiary/aromatic N) is 1. The van der Waals surface area contributed by atoms with Gasteiger partial charge in [-0.05, 0) is 38.2 Å². The van der Waals surface area contributed by atoms with Crippen LogP contribution in [0.4, 0.5) is 0 Å². The molecule has 1 aliphatic rings. The summed E-state index contributed by atoms with van der Waals surface area (Å²) in [5.74, 6) is 0. The van der Waals surface area contributed by atoms with Crippen LogP contribution in [0.15, 0.2) is 35.0 Å². The zero-order valence-electron chi connectivity index (χ0n) is 10.6. The van der Waals surface area contributed by atoms with Gasteiger partial charge in [-0.1, -0.05) is 23.3 Å². The number of hydrogen-bond donors (Lipinski definition) is 1. The highest BCUT2D eigenvalue weighted by atomic mass is 35.5. The number of hydrogen-bond acceptors (Lipinski definition) is 3. The van der Waals surface area contributed by atoms with Crippen molar-refractivity contribution in [1.82, 2.24) is 9.71 Å². The first-order chi connectivity index (χ1) is 9.09. The van der Waals surface area contributed by atoms with Crippen molar-refractivity contribution in [1.29, 1.82) is 0 Å². The van der Waals surface area contributed by atoms with Gasteiger partial charge in [0.25, 0.3) is 0 Å². The Bertz CT molecular complexity index is 570. The number of sulfonamides is 1. The molecule has 1 heterocycles. The summed E-state index contributed by atoms with van der Waals surface area (Å²) in [7, 11) is -3.56. The lowest BCUT2D eigenvalue weighted by Crippen LogP contribution is -2.25. The molecule has 104 valence electrons. The van der Waals surface area contributed by atoms with Gasteiger partial charge in [-0.2, -0.15) is 0 Å². The molecule has 0 spiro atoms. The van der Waals surface area contributed by atoms with E-state index in [1.165, 1.54) is 36.9 Å². The van der Waals surface area contributed by atoms with E-state index >= 15 is 0 Å². The number of aromatic nitrogens is 1. The van der Waals surface area contributed by atoms with Gasteiger partial charge in [0.1, 0.15) is 4.90 Å². The molecule has 1 aromatic heterocycles. The Morgan fingerprint density at radius 2 is 2.21 bits per heavy atom. The van der Waals surface area contributed by atoms with Crippen molar-refractivity contribution in [2.45, 2.75) is 37.0 Å². The summed E-state index contributed by atoms with van der Waals surface area (Å²) >= 11 is 5.87. The van der Waals surface area contributed by atoms with Crippen LogP contribution in [-0.2, 0) is 10.0 Å². The molecule has 0 atom stereocenters. The van der Waals surface area contributed by atoms with E-state index in [1.807, 2.05) is 0 Å². The van der Waals surface area contributed by atoms with E-state index in [4.69, 9.17) is 11.6 Å². The second-order valence-corrected chi connectivity index (χ2v) is 6.70. The summed E-state index contributed by atoms with van der Waals surface area (Å²) in [5, 5.41) is 0.194. The van der Waals surface area contributed by atoms with Crippen LogP contribution in [0.2, 0.25) is 5.02 Å². The monoisotopic (exact) mass is 300 g/mol. The van der Waals surface area contributed by atoms with Gasteiger partial charge in [0, 0.05) is 18.9 Å². The average molecular weight is 301 g/mol. The standard InChI is InChI=1S/C13H17ClN2O2S/c14-12-7-8-15-10-13(12)19(17,18)16-9-6-11-4-2-1-3-5-11/h4,7-8,10,16H,1-3,5-6,9H2. The van der Waals surface area contributed by atoms with Crippen LogP contribution in [0, 0.1) is 0 Å². The van der Waals surface area contributed by atoms with Gasteiger partial charge < -0.3 is 0 Å². The lowest BCUT2D eigenvalue weighted by Gasteiger charge is -2.13. The van der Waals surface area contributed by atoms with E-state index in [-0.39, 0.29) is 9.92 Å². The summed E-state index contributed by atoms with van der Waals surface area (Å²) in [6.45, 7) is 0.402. The average Bonchev–Trinajstić information content (AvgIpc) is 2.40. The highest BCUT2D eigenvalue weighted by molar-refractivity contribution is 7.89. The lowest BCUT2D eigenvalue weighted by atomic mass is 9.97. The second-order valence-electron chi connectivity index (χ2n) is 4.56. The summed E-state index contributed by atoms with van der Waals surface area (Å²) < 4.78 is 26.6. The number of nitrogens with one attached hydrogen (secondary N) is 1. The fourth-order valence-corrected chi connectivity index (χ4v) is 3.58. The Morgan fingerprint density at radius 3 is 2.89 bits per heavy atom. The van der Waals surface area contributed by atoms with Gasteiger partial charge in [-0.3, -0.25) is 4.98 Å². The Balaban J connectivity index is 1.95. The number of halogens is 1. The van der Waals surface area contributed by atoms with E-state index in [1.54, 1.807) is 0 Å². The lowest BCUT2D eigenvalue weighted by molar-refractivity contribution is 0.579. The van der Waals surface area contributed by atoms with E-state index in [2.05, 4.69) is 15.8 Å². The zero-order chi connectivity index (χ0) is 13.7. The minimum atomic E-state index is -3.56. The third kappa shape index (κ3) is 4.03. The van der Waals surface area contributed by atoms with E-state index in [0.717, 1.165) is 19.3 Å². The molecule has 4 nitrogen and oxygen atoms in total.